The summed E-state index contributed by atoms with van der Waals surface area (Å²) in [5.74, 6) is -4.48. The van der Waals surface area contributed by atoms with Gasteiger partial charge in [-0.2, -0.15) is 0 Å². The molecular formula is C33H41N3O8PS+. The summed E-state index contributed by atoms with van der Waals surface area (Å²) in [6.07, 6.45) is 0.342. The molecule has 0 saturated heterocycles. The van der Waals surface area contributed by atoms with Crippen molar-refractivity contribution in [2.75, 3.05) is 17.8 Å². The van der Waals surface area contributed by atoms with Crippen LogP contribution in [0.25, 0.3) is 10.9 Å². The maximum atomic E-state index is 13.5. The number of aliphatic hydroxyl groups is 1. The highest BCUT2D eigenvalue weighted by atomic mass is 32.2. The van der Waals surface area contributed by atoms with Crippen molar-refractivity contribution in [3.63, 3.8) is 0 Å². The van der Waals surface area contributed by atoms with Crippen LogP contribution in [-0.4, -0.2) is 57.7 Å². The van der Waals surface area contributed by atoms with Gasteiger partial charge >= 0.3 is 17.8 Å². The Morgan fingerprint density at radius 1 is 0.957 bits per heavy atom. The molecule has 246 valence electrons. The summed E-state index contributed by atoms with van der Waals surface area (Å²) in [6.45, 7) is 9.26. The van der Waals surface area contributed by atoms with Crippen LogP contribution in [0.5, 0.6) is 0 Å². The first kappa shape index (κ1) is 36.6. The number of thioether (sulfide) groups is 1. The predicted octanol–water partition coefficient (Wildman–Crippen LogP) is 5.04. The SMILES string of the molecule is CCOC(=O)c1cccc(C(=O)N[n+]2c(SCC(O)(P=O)C(CC(C)C)C(=O)N[C@@H](CC(C)C)C(=O)O)ccc3ccccc32)c1. The zero-order chi connectivity index (χ0) is 34.0. The Balaban J connectivity index is 1.95. The molecule has 2 amide bonds. The molecule has 3 atom stereocenters. The van der Waals surface area contributed by atoms with E-state index in [0.29, 0.717) is 10.5 Å². The number of hydrogen-bond acceptors (Lipinski definition) is 8. The molecule has 0 aliphatic carbocycles. The van der Waals surface area contributed by atoms with Crippen LogP contribution in [0.2, 0.25) is 0 Å². The molecule has 3 aromatic rings. The Labute approximate surface area is 274 Å². The van der Waals surface area contributed by atoms with E-state index in [1.165, 1.54) is 10.7 Å². The molecule has 0 bridgehead atoms. The number of hydrogen-bond donors (Lipinski definition) is 4. The predicted molar refractivity (Wildman–Crippen MR) is 175 cm³/mol. The molecule has 0 saturated carbocycles. The van der Waals surface area contributed by atoms with Crippen molar-refractivity contribution >= 4 is 54.9 Å². The summed E-state index contributed by atoms with van der Waals surface area (Å²) in [7, 11) is -0.710. The fourth-order valence-electron chi connectivity index (χ4n) is 4.90. The molecule has 3 rings (SSSR count). The summed E-state index contributed by atoms with van der Waals surface area (Å²) in [6, 6.07) is 15.8. The molecule has 2 unspecified atom stereocenters. The van der Waals surface area contributed by atoms with E-state index in [1.807, 2.05) is 45.9 Å². The number of esters is 1. The number of benzene rings is 2. The Bertz CT molecular complexity index is 1580. The van der Waals surface area contributed by atoms with Crippen molar-refractivity contribution in [2.45, 2.75) is 63.9 Å². The van der Waals surface area contributed by atoms with E-state index in [-0.39, 0.29) is 48.2 Å². The molecule has 0 aliphatic rings. The highest BCUT2D eigenvalue weighted by molar-refractivity contribution is 7.99. The highest BCUT2D eigenvalue weighted by Crippen LogP contribution is 2.38. The number of fused-ring (bicyclic) bond motifs is 1. The van der Waals surface area contributed by atoms with Crippen molar-refractivity contribution in [3.8, 4) is 0 Å². The molecular weight excluding hydrogens is 629 g/mol. The summed E-state index contributed by atoms with van der Waals surface area (Å²) >= 11 is 1.07. The standard InChI is InChI=1S/C33H40N3O8PS/c1-6-44-32(41)24-12-9-11-23(18-24)29(37)35-36-27-13-8-7-10-22(27)14-15-28(36)46-19-33(42,45-43)25(16-20(2)3)30(38)34-26(31(39)40)17-21(4)5/h7-15,18,20-21,25-26,42H,6,16-17,19H2,1-5H3,(H2-,34,35,37,38,39,40)/p+1/t25?,26-,33?/m0/s1. The maximum Gasteiger partial charge on any atom is 0.338 e. The normalized spacial score (nSPS) is 14.1. The fraction of sp³-hybridized carbons (Fsp3) is 0.424. The zero-order valence-electron chi connectivity index (χ0n) is 26.6. The number of carboxylic acids is 1. The van der Waals surface area contributed by atoms with Gasteiger partial charge in [-0.15, -0.1) is 5.43 Å². The second kappa shape index (κ2) is 16.6. The maximum absolute atomic E-state index is 13.5. The Morgan fingerprint density at radius 3 is 2.26 bits per heavy atom. The van der Waals surface area contributed by atoms with Crippen LogP contribution in [0, 0.1) is 17.8 Å². The van der Waals surface area contributed by atoms with Crippen LogP contribution in [0.4, 0.5) is 0 Å². The smallest absolute Gasteiger partial charge is 0.338 e. The van der Waals surface area contributed by atoms with Gasteiger partial charge < -0.3 is 20.3 Å². The van der Waals surface area contributed by atoms with Gasteiger partial charge in [0, 0.05) is 28.8 Å². The largest absolute Gasteiger partial charge is 0.480 e. The van der Waals surface area contributed by atoms with Crippen LogP contribution in [-0.2, 0) is 18.9 Å². The van der Waals surface area contributed by atoms with Crippen molar-refractivity contribution in [2.24, 2.45) is 17.8 Å². The summed E-state index contributed by atoms with van der Waals surface area (Å²) in [5.41, 5.74) is 3.92. The quantitative estimate of drug-likeness (QED) is 0.0708. The van der Waals surface area contributed by atoms with Gasteiger partial charge in [-0.3, -0.25) is 14.2 Å². The number of nitrogens with one attached hydrogen (secondary N) is 2. The average molecular weight is 671 g/mol. The molecule has 2 aromatic carbocycles. The lowest BCUT2D eigenvalue weighted by molar-refractivity contribution is -0.653. The second-order valence-corrected chi connectivity index (χ2v) is 13.7. The summed E-state index contributed by atoms with van der Waals surface area (Å²) in [5, 5.41) is 23.1. The van der Waals surface area contributed by atoms with Crippen molar-refractivity contribution in [1.29, 1.82) is 0 Å². The van der Waals surface area contributed by atoms with E-state index in [4.69, 9.17) is 4.74 Å². The second-order valence-electron chi connectivity index (χ2n) is 11.8. The van der Waals surface area contributed by atoms with Crippen molar-refractivity contribution in [3.05, 3.63) is 71.8 Å². The number of para-hydroxylation sites is 1. The highest BCUT2D eigenvalue weighted by Gasteiger charge is 2.44. The van der Waals surface area contributed by atoms with E-state index in [1.54, 1.807) is 43.3 Å². The Kier molecular flexibility index (Phi) is 13.2. The summed E-state index contributed by atoms with van der Waals surface area (Å²) in [4.78, 5) is 51.0. The lowest BCUT2D eigenvalue weighted by atomic mass is 9.90. The van der Waals surface area contributed by atoms with Crippen LogP contribution in [0.3, 0.4) is 0 Å². The van der Waals surface area contributed by atoms with Crippen LogP contribution in [0.15, 0.2) is 65.7 Å². The topological polar surface area (TPSA) is 163 Å². The third kappa shape index (κ3) is 9.57. The molecule has 0 fully saturated rings. The van der Waals surface area contributed by atoms with Crippen molar-refractivity contribution < 1.29 is 43.4 Å². The van der Waals surface area contributed by atoms with E-state index in [9.17, 15) is 34.0 Å². The van der Waals surface area contributed by atoms with E-state index in [0.717, 1.165) is 17.1 Å². The van der Waals surface area contributed by atoms with Gasteiger partial charge in [0.05, 0.1) is 18.1 Å². The Hall–Kier alpha value is -3.86. The van der Waals surface area contributed by atoms with E-state index >= 15 is 0 Å². The number of aromatic nitrogens is 1. The molecule has 1 aromatic heterocycles. The fourth-order valence-corrected chi connectivity index (χ4v) is 6.65. The molecule has 13 heteroatoms. The molecule has 0 radical (unpaired) electrons. The number of ether oxygens (including phenoxy) is 1. The number of nitrogens with zero attached hydrogens (tertiary/aromatic N) is 1. The molecule has 46 heavy (non-hydrogen) atoms. The van der Waals surface area contributed by atoms with Gasteiger partial charge in [0.2, 0.25) is 11.4 Å². The molecule has 0 spiro atoms. The average Bonchev–Trinajstić information content (AvgIpc) is 3.02. The van der Waals surface area contributed by atoms with Gasteiger partial charge in [0.15, 0.2) is 13.8 Å². The number of aliphatic carboxylic acids is 1. The molecule has 0 aliphatic heterocycles. The van der Waals surface area contributed by atoms with Crippen LogP contribution >= 0.6 is 20.2 Å². The van der Waals surface area contributed by atoms with Gasteiger partial charge in [0.1, 0.15) is 6.04 Å². The minimum absolute atomic E-state index is 0.0109. The van der Waals surface area contributed by atoms with E-state index < -0.39 is 49.5 Å². The number of pyridine rings is 1. The Morgan fingerprint density at radius 2 is 1.63 bits per heavy atom. The zero-order valence-corrected chi connectivity index (χ0v) is 28.3. The van der Waals surface area contributed by atoms with Gasteiger partial charge in [-0.1, -0.05) is 62.3 Å². The third-order valence-corrected chi connectivity index (χ3v) is 9.35. The van der Waals surface area contributed by atoms with E-state index in [2.05, 4.69) is 10.7 Å². The lowest BCUT2D eigenvalue weighted by Crippen LogP contribution is -2.52. The third-order valence-electron chi connectivity index (χ3n) is 7.15. The number of amides is 2. The van der Waals surface area contributed by atoms with Gasteiger partial charge in [0.25, 0.3) is 5.03 Å². The molecule has 1 heterocycles. The van der Waals surface area contributed by atoms with Crippen LogP contribution < -0.4 is 15.4 Å². The lowest BCUT2D eigenvalue weighted by Gasteiger charge is -2.31. The first-order valence-corrected chi connectivity index (χ1v) is 16.8. The molecule has 11 nitrogen and oxygen atoms in total. The first-order valence-electron chi connectivity index (χ1n) is 15.0. The van der Waals surface area contributed by atoms with Crippen molar-refractivity contribution in [1.82, 2.24) is 5.32 Å². The minimum Gasteiger partial charge on any atom is -0.480 e. The number of carboxylic acid groups (broad SMARTS) is 1. The molecule has 4 N–H and O–H groups in total. The minimum atomic E-state index is -2.07. The van der Waals surface area contributed by atoms with Gasteiger partial charge in [-0.05, 0) is 61.9 Å². The monoisotopic (exact) mass is 670 g/mol. The van der Waals surface area contributed by atoms with Crippen LogP contribution in [0.1, 0.15) is 68.2 Å². The number of rotatable bonds is 16. The first-order chi connectivity index (χ1) is 21.8. The number of carbonyl (C=O) groups is 4. The van der Waals surface area contributed by atoms with Gasteiger partial charge in [-0.25, -0.2) is 9.59 Å². The number of carbonyl (C=O) groups excluding carboxylic acids is 3. The summed E-state index contributed by atoms with van der Waals surface area (Å²) < 4.78 is 19.2.